The van der Waals surface area contributed by atoms with E-state index in [2.05, 4.69) is 26.0 Å². The summed E-state index contributed by atoms with van der Waals surface area (Å²) in [6.07, 6.45) is 1.91. The van der Waals surface area contributed by atoms with Gasteiger partial charge in [0.15, 0.2) is 0 Å². The van der Waals surface area contributed by atoms with Crippen molar-refractivity contribution in [3.63, 3.8) is 0 Å². The second kappa shape index (κ2) is 10.7. The van der Waals surface area contributed by atoms with Gasteiger partial charge in [-0.2, -0.15) is 4.98 Å². The molecule has 2 saturated heterocycles. The van der Waals surface area contributed by atoms with Crippen molar-refractivity contribution >= 4 is 23.2 Å². The largest absolute Gasteiger partial charge is 0.497 e. The highest BCUT2D eigenvalue weighted by molar-refractivity contribution is 6.30. The Labute approximate surface area is 210 Å². The minimum atomic E-state index is 0.00505. The summed E-state index contributed by atoms with van der Waals surface area (Å²) in [5.74, 6) is 2.17. The van der Waals surface area contributed by atoms with Crippen LogP contribution in [0.25, 0.3) is 11.4 Å². The summed E-state index contributed by atoms with van der Waals surface area (Å²) in [5.41, 5.74) is 1.99. The maximum Gasteiger partial charge on any atom is 0.241 e. The molecule has 2 aliphatic heterocycles. The molecule has 0 aliphatic carbocycles. The van der Waals surface area contributed by atoms with Crippen LogP contribution >= 0.6 is 11.6 Å². The number of piperidine rings is 1. The van der Waals surface area contributed by atoms with Crippen molar-refractivity contribution in [2.24, 2.45) is 5.92 Å². The molecule has 5 rings (SSSR count). The highest BCUT2D eigenvalue weighted by Gasteiger charge is 2.31. The number of hydrogen-bond acceptors (Lipinski definition) is 7. The predicted octanol–water partition coefficient (Wildman–Crippen LogP) is 3.96. The molecule has 8 nitrogen and oxygen atoms in total. The number of hydrogen-bond donors (Lipinski definition) is 0. The zero-order valence-corrected chi connectivity index (χ0v) is 20.7. The van der Waals surface area contributed by atoms with Gasteiger partial charge in [0.2, 0.25) is 17.6 Å². The Balaban J connectivity index is 1.14. The Hall–Kier alpha value is -3.10. The van der Waals surface area contributed by atoms with Crippen LogP contribution in [0.15, 0.2) is 53.1 Å². The number of benzene rings is 2. The first-order chi connectivity index (χ1) is 17.1. The summed E-state index contributed by atoms with van der Waals surface area (Å²) in [5, 5.41) is 4.87. The number of methoxy groups -OCH3 is 1. The molecule has 2 aromatic carbocycles. The molecule has 1 atom stereocenters. The number of amides is 1. The lowest BCUT2D eigenvalue weighted by Gasteiger charge is -2.39. The number of ether oxygens (including phenoxy) is 1. The zero-order valence-electron chi connectivity index (χ0n) is 19.9. The third-order valence-electron chi connectivity index (χ3n) is 6.79. The number of halogens is 1. The minimum absolute atomic E-state index is 0.00505. The summed E-state index contributed by atoms with van der Waals surface area (Å²) in [7, 11) is 1.64. The lowest BCUT2D eigenvalue weighted by Crippen LogP contribution is -2.52. The molecular formula is C26H30ClN5O3. The van der Waals surface area contributed by atoms with E-state index >= 15 is 0 Å². The van der Waals surface area contributed by atoms with Crippen LogP contribution in [0.2, 0.25) is 5.02 Å². The number of rotatable bonds is 6. The second-order valence-corrected chi connectivity index (χ2v) is 9.54. The topological polar surface area (TPSA) is 74.9 Å². The molecule has 1 aromatic heterocycles. The van der Waals surface area contributed by atoms with Crippen molar-refractivity contribution in [1.82, 2.24) is 19.9 Å². The van der Waals surface area contributed by atoms with E-state index in [9.17, 15) is 4.79 Å². The Morgan fingerprint density at radius 3 is 2.66 bits per heavy atom. The van der Waals surface area contributed by atoms with Gasteiger partial charge in [0.25, 0.3) is 0 Å². The van der Waals surface area contributed by atoms with Crippen molar-refractivity contribution in [2.75, 3.05) is 51.3 Å². The monoisotopic (exact) mass is 495 g/mol. The summed E-state index contributed by atoms with van der Waals surface area (Å²) >= 11 is 6.14. The maximum absolute atomic E-state index is 13.3. The summed E-state index contributed by atoms with van der Waals surface area (Å²) in [6, 6.07) is 15.5. The van der Waals surface area contributed by atoms with Crippen LogP contribution in [0, 0.1) is 5.92 Å². The Morgan fingerprint density at radius 1 is 1.11 bits per heavy atom. The molecule has 2 fully saturated rings. The maximum atomic E-state index is 13.3. The number of anilines is 1. The zero-order chi connectivity index (χ0) is 24.2. The number of aromatic nitrogens is 2. The molecule has 1 unspecified atom stereocenters. The lowest BCUT2D eigenvalue weighted by atomic mass is 9.96. The molecule has 2 aliphatic rings. The third kappa shape index (κ3) is 5.60. The molecule has 1 amide bonds. The normalized spacial score (nSPS) is 19.1. The van der Waals surface area contributed by atoms with E-state index in [4.69, 9.17) is 20.9 Å². The molecule has 3 aromatic rings. The first kappa shape index (κ1) is 23.6. The van der Waals surface area contributed by atoms with Crippen LogP contribution < -0.4 is 9.64 Å². The predicted molar refractivity (Wildman–Crippen MR) is 135 cm³/mol. The van der Waals surface area contributed by atoms with Gasteiger partial charge in [-0.15, -0.1) is 0 Å². The van der Waals surface area contributed by atoms with E-state index in [-0.39, 0.29) is 11.8 Å². The smallest absolute Gasteiger partial charge is 0.241 e. The van der Waals surface area contributed by atoms with Gasteiger partial charge in [-0.25, -0.2) is 0 Å². The molecule has 9 heteroatoms. The average molecular weight is 496 g/mol. The number of likely N-dealkylation sites (tertiary alicyclic amines) is 1. The van der Waals surface area contributed by atoms with Crippen LogP contribution in [-0.2, 0) is 11.3 Å². The summed E-state index contributed by atoms with van der Waals surface area (Å²) < 4.78 is 10.7. The van der Waals surface area contributed by atoms with E-state index < -0.39 is 0 Å². The fourth-order valence-corrected chi connectivity index (χ4v) is 5.07. The van der Waals surface area contributed by atoms with Crippen LogP contribution in [0.5, 0.6) is 5.75 Å². The fraction of sp³-hybridized carbons (Fsp3) is 0.423. The number of carbonyl (C=O) groups excluding carboxylic acids is 1. The van der Waals surface area contributed by atoms with Gasteiger partial charge >= 0.3 is 0 Å². The third-order valence-corrected chi connectivity index (χ3v) is 7.03. The van der Waals surface area contributed by atoms with Crippen LogP contribution in [0.3, 0.4) is 0 Å². The molecule has 184 valence electrons. The molecule has 0 bridgehead atoms. The van der Waals surface area contributed by atoms with E-state index in [1.165, 1.54) is 0 Å². The van der Waals surface area contributed by atoms with Gasteiger partial charge in [-0.3, -0.25) is 9.69 Å². The van der Waals surface area contributed by atoms with Gasteiger partial charge < -0.3 is 19.1 Å². The fourth-order valence-electron chi connectivity index (χ4n) is 4.88. The molecule has 0 saturated carbocycles. The Bertz CT molecular complexity index is 1140. The van der Waals surface area contributed by atoms with Gasteiger partial charge in [0, 0.05) is 49.0 Å². The SMILES string of the molecule is COc1ccc(-c2noc(CN3CCCC(C(=O)N4CCN(c5cccc(Cl)c5)CC4)C3)n2)cc1. The van der Waals surface area contributed by atoms with Crippen molar-refractivity contribution in [1.29, 1.82) is 0 Å². The number of piperazine rings is 1. The van der Waals surface area contributed by atoms with Crippen molar-refractivity contribution in [3.8, 4) is 17.1 Å². The van der Waals surface area contributed by atoms with E-state index in [0.717, 1.165) is 67.6 Å². The molecule has 0 N–H and O–H groups in total. The second-order valence-electron chi connectivity index (χ2n) is 9.11. The lowest BCUT2D eigenvalue weighted by molar-refractivity contribution is -0.137. The van der Waals surface area contributed by atoms with Gasteiger partial charge in [0.1, 0.15) is 5.75 Å². The first-order valence-corrected chi connectivity index (χ1v) is 12.5. The van der Waals surface area contributed by atoms with Crippen LogP contribution in [0.4, 0.5) is 5.69 Å². The average Bonchev–Trinajstić information content (AvgIpc) is 3.37. The molecule has 0 spiro atoms. The highest BCUT2D eigenvalue weighted by atomic mass is 35.5. The van der Waals surface area contributed by atoms with Crippen molar-refractivity contribution in [2.45, 2.75) is 19.4 Å². The van der Waals surface area contributed by atoms with Crippen molar-refractivity contribution < 1.29 is 14.1 Å². The minimum Gasteiger partial charge on any atom is -0.497 e. The standard InChI is InChI=1S/C26H30ClN5O3/c1-34-23-9-7-19(8-10-23)25-28-24(35-29-25)18-30-11-3-4-20(17-30)26(33)32-14-12-31(13-15-32)22-6-2-5-21(27)16-22/h2,5-10,16,20H,3-4,11-15,17-18H2,1H3. The quantitative estimate of drug-likeness (QED) is 0.512. The molecular weight excluding hydrogens is 466 g/mol. The summed E-state index contributed by atoms with van der Waals surface area (Å²) in [4.78, 5) is 24.4. The Morgan fingerprint density at radius 2 is 1.91 bits per heavy atom. The number of nitrogens with zero attached hydrogens (tertiary/aromatic N) is 5. The Kier molecular flexibility index (Phi) is 7.20. The molecule has 35 heavy (non-hydrogen) atoms. The van der Waals surface area contributed by atoms with Crippen molar-refractivity contribution in [3.05, 3.63) is 59.4 Å². The van der Waals surface area contributed by atoms with Gasteiger partial charge in [-0.1, -0.05) is 22.8 Å². The molecule has 3 heterocycles. The molecule has 0 radical (unpaired) electrons. The number of carbonyl (C=O) groups is 1. The summed E-state index contributed by atoms with van der Waals surface area (Å²) in [6.45, 7) is 5.29. The highest BCUT2D eigenvalue weighted by Crippen LogP contribution is 2.25. The van der Waals surface area contributed by atoms with E-state index in [1.807, 2.05) is 47.4 Å². The van der Waals surface area contributed by atoms with Crippen LogP contribution in [0.1, 0.15) is 18.7 Å². The first-order valence-electron chi connectivity index (χ1n) is 12.1. The van der Waals surface area contributed by atoms with E-state index in [0.29, 0.717) is 24.8 Å². The van der Waals surface area contributed by atoms with Gasteiger partial charge in [0.05, 0.1) is 19.6 Å². The van der Waals surface area contributed by atoms with Crippen LogP contribution in [-0.4, -0.2) is 72.2 Å². The van der Waals surface area contributed by atoms with E-state index in [1.54, 1.807) is 7.11 Å². The van der Waals surface area contributed by atoms with Gasteiger partial charge in [-0.05, 0) is 61.9 Å².